The van der Waals surface area contributed by atoms with Gasteiger partial charge in [0.1, 0.15) is 0 Å². The molecule has 0 saturated heterocycles. The number of hydrogen-bond acceptors (Lipinski definition) is 3. The molecule has 0 aromatic heterocycles. The van der Waals surface area contributed by atoms with Crippen molar-refractivity contribution in [1.82, 2.24) is 4.72 Å². The first-order valence-electron chi connectivity index (χ1n) is 9.18. The van der Waals surface area contributed by atoms with Crippen LogP contribution in [0.2, 0.25) is 5.02 Å². The molecule has 0 radical (unpaired) electrons. The van der Waals surface area contributed by atoms with Crippen LogP contribution in [0, 0.1) is 0 Å². The minimum Gasteiger partial charge on any atom is -0.308 e. The van der Waals surface area contributed by atoms with E-state index in [9.17, 15) is 13.2 Å². The first-order valence-corrected chi connectivity index (χ1v) is 11.0. The van der Waals surface area contributed by atoms with E-state index in [2.05, 4.69) is 4.72 Å². The van der Waals surface area contributed by atoms with E-state index in [-0.39, 0.29) is 17.3 Å². The summed E-state index contributed by atoms with van der Waals surface area (Å²) >= 11 is 5.86. The molecular formula is C22H19ClN2O3S. The van der Waals surface area contributed by atoms with E-state index in [0.717, 1.165) is 16.8 Å². The number of rotatable bonds is 5. The summed E-state index contributed by atoms with van der Waals surface area (Å²) in [5.74, 6) is -0.0826. The maximum atomic E-state index is 12.8. The van der Waals surface area contributed by atoms with Gasteiger partial charge in [-0.1, -0.05) is 41.9 Å². The molecule has 148 valence electrons. The van der Waals surface area contributed by atoms with E-state index in [1.807, 2.05) is 18.2 Å². The Kier molecular flexibility index (Phi) is 5.41. The number of carbonyl (C=O) groups is 1. The lowest BCUT2D eigenvalue weighted by molar-refractivity contribution is 0.0989. The fourth-order valence-electron chi connectivity index (χ4n) is 3.36. The van der Waals surface area contributed by atoms with E-state index in [1.54, 1.807) is 59.5 Å². The molecule has 3 aromatic carbocycles. The zero-order valence-corrected chi connectivity index (χ0v) is 17.1. The summed E-state index contributed by atoms with van der Waals surface area (Å²) in [5.41, 5.74) is 3.04. The monoisotopic (exact) mass is 426 g/mol. The summed E-state index contributed by atoms with van der Waals surface area (Å²) in [6.45, 7) is 0.708. The van der Waals surface area contributed by atoms with Gasteiger partial charge in [0, 0.05) is 29.4 Å². The second-order valence-corrected chi connectivity index (χ2v) is 9.02. The number of fused-ring (bicyclic) bond motifs is 1. The summed E-state index contributed by atoms with van der Waals surface area (Å²) in [7, 11) is -3.67. The summed E-state index contributed by atoms with van der Waals surface area (Å²) in [4.78, 5) is 14.7. The first-order chi connectivity index (χ1) is 13.9. The molecule has 0 spiro atoms. The first kappa shape index (κ1) is 19.6. The fourth-order valence-corrected chi connectivity index (χ4v) is 4.55. The maximum absolute atomic E-state index is 12.8. The van der Waals surface area contributed by atoms with Gasteiger partial charge in [-0.25, -0.2) is 13.1 Å². The normalized spacial score (nSPS) is 13.3. The minimum absolute atomic E-state index is 0.0826. The third-order valence-corrected chi connectivity index (χ3v) is 6.55. The molecular weight excluding hydrogens is 408 g/mol. The SMILES string of the molecule is O=C(c1ccccc1)N1CCc2cc(S(=O)(=O)NCc3ccc(Cl)cc3)ccc21. The van der Waals surface area contributed by atoms with Gasteiger partial charge in [-0.2, -0.15) is 0 Å². The van der Waals surface area contributed by atoms with Gasteiger partial charge in [0.2, 0.25) is 10.0 Å². The molecule has 5 nitrogen and oxygen atoms in total. The van der Waals surface area contributed by atoms with Crippen molar-refractivity contribution < 1.29 is 13.2 Å². The Morgan fingerprint density at radius 3 is 2.45 bits per heavy atom. The Labute approximate surface area is 175 Å². The van der Waals surface area contributed by atoms with Gasteiger partial charge in [-0.3, -0.25) is 4.79 Å². The summed E-state index contributed by atoms with van der Waals surface area (Å²) in [6, 6.07) is 21.0. The standard InChI is InChI=1S/C22H19ClN2O3S/c23-19-8-6-16(7-9-19)15-24-29(27,28)20-10-11-21-18(14-20)12-13-25(21)22(26)17-4-2-1-3-5-17/h1-11,14,24H,12-13,15H2. The predicted molar refractivity (Wildman–Crippen MR) is 114 cm³/mol. The molecule has 3 aromatic rings. The molecule has 1 heterocycles. The number of carbonyl (C=O) groups excluding carboxylic acids is 1. The van der Waals surface area contributed by atoms with Gasteiger partial charge < -0.3 is 4.90 Å². The largest absolute Gasteiger partial charge is 0.308 e. The number of benzene rings is 3. The number of nitrogens with one attached hydrogen (secondary N) is 1. The Hall–Kier alpha value is -2.67. The van der Waals surface area contributed by atoms with Gasteiger partial charge in [-0.15, -0.1) is 0 Å². The molecule has 1 amide bonds. The van der Waals surface area contributed by atoms with E-state index in [4.69, 9.17) is 11.6 Å². The van der Waals surface area contributed by atoms with Crippen LogP contribution in [0.5, 0.6) is 0 Å². The number of sulfonamides is 1. The highest BCUT2D eigenvalue weighted by molar-refractivity contribution is 7.89. The number of anilines is 1. The quantitative estimate of drug-likeness (QED) is 0.670. The van der Waals surface area contributed by atoms with Crippen LogP contribution in [-0.2, 0) is 23.0 Å². The lowest BCUT2D eigenvalue weighted by atomic mass is 10.1. The third kappa shape index (κ3) is 4.19. The van der Waals surface area contributed by atoms with Crippen LogP contribution in [0.25, 0.3) is 0 Å². The van der Waals surface area contributed by atoms with Gasteiger partial charge in [0.15, 0.2) is 0 Å². The predicted octanol–water partition coefficient (Wildman–Crippen LogP) is 4.02. The Bertz CT molecular complexity index is 1150. The van der Waals surface area contributed by atoms with Gasteiger partial charge in [0.05, 0.1) is 4.90 Å². The Morgan fingerprint density at radius 2 is 1.72 bits per heavy atom. The van der Waals surface area contributed by atoms with Crippen LogP contribution in [0.1, 0.15) is 21.5 Å². The molecule has 0 unspecified atom stereocenters. The maximum Gasteiger partial charge on any atom is 0.258 e. The van der Waals surface area contributed by atoms with Crippen molar-refractivity contribution in [3.8, 4) is 0 Å². The Morgan fingerprint density at radius 1 is 1.00 bits per heavy atom. The number of hydrogen-bond donors (Lipinski definition) is 1. The van der Waals surface area contributed by atoms with Crippen molar-refractivity contribution in [2.75, 3.05) is 11.4 Å². The summed E-state index contributed by atoms with van der Waals surface area (Å²) in [6.07, 6.45) is 0.619. The average molecular weight is 427 g/mol. The molecule has 0 fully saturated rings. The second-order valence-electron chi connectivity index (χ2n) is 6.81. The topological polar surface area (TPSA) is 66.5 Å². The summed E-state index contributed by atoms with van der Waals surface area (Å²) in [5, 5.41) is 0.602. The van der Waals surface area contributed by atoms with Crippen molar-refractivity contribution in [2.45, 2.75) is 17.9 Å². The molecule has 1 N–H and O–H groups in total. The molecule has 29 heavy (non-hydrogen) atoms. The third-order valence-electron chi connectivity index (χ3n) is 4.90. The molecule has 0 aliphatic carbocycles. The minimum atomic E-state index is -3.67. The van der Waals surface area contributed by atoms with Gasteiger partial charge >= 0.3 is 0 Å². The van der Waals surface area contributed by atoms with Crippen LogP contribution in [0.15, 0.2) is 77.7 Å². The van der Waals surface area contributed by atoms with Crippen LogP contribution in [-0.4, -0.2) is 20.9 Å². The molecule has 7 heteroatoms. The molecule has 1 aliphatic heterocycles. The zero-order valence-electron chi connectivity index (χ0n) is 15.5. The lowest BCUT2D eigenvalue weighted by Gasteiger charge is -2.17. The highest BCUT2D eigenvalue weighted by atomic mass is 35.5. The number of amides is 1. The molecule has 4 rings (SSSR count). The lowest BCUT2D eigenvalue weighted by Crippen LogP contribution is -2.28. The van der Waals surface area contributed by atoms with E-state index < -0.39 is 10.0 Å². The van der Waals surface area contributed by atoms with E-state index in [0.29, 0.717) is 23.6 Å². The Balaban J connectivity index is 1.52. The summed E-state index contributed by atoms with van der Waals surface area (Å²) < 4.78 is 28.0. The van der Waals surface area contributed by atoms with Crippen LogP contribution < -0.4 is 9.62 Å². The zero-order chi connectivity index (χ0) is 20.4. The number of nitrogens with zero attached hydrogens (tertiary/aromatic N) is 1. The van der Waals surface area contributed by atoms with Crippen molar-refractivity contribution in [3.05, 3.63) is 94.5 Å². The molecule has 0 saturated carbocycles. The van der Waals surface area contributed by atoms with E-state index >= 15 is 0 Å². The average Bonchev–Trinajstić information content (AvgIpc) is 3.17. The van der Waals surface area contributed by atoms with E-state index in [1.165, 1.54) is 0 Å². The second kappa shape index (κ2) is 7.99. The highest BCUT2D eigenvalue weighted by Crippen LogP contribution is 2.31. The molecule has 0 atom stereocenters. The molecule has 1 aliphatic rings. The van der Waals surface area contributed by atoms with Gasteiger partial charge in [0.25, 0.3) is 5.91 Å². The van der Waals surface area contributed by atoms with Crippen LogP contribution in [0.3, 0.4) is 0 Å². The number of halogens is 1. The van der Waals surface area contributed by atoms with Crippen LogP contribution in [0.4, 0.5) is 5.69 Å². The molecule has 0 bridgehead atoms. The van der Waals surface area contributed by atoms with Gasteiger partial charge in [-0.05, 0) is 60.0 Å². The van der Waals surface area contributed by atoms with Crippen molar-refractivity contribution in [3.63, 3.8) is 0 Å². The van der Waals surface area contributed by atoms with Crippen LogP contribution >= 0.6 is 11.6 Å². The fraction of sp³-hybridized carbons (Fsp3) is 0.136. The smallest absolute Gasteiger partial charge is 0.258 e. The van der Waals surface area contributed by atoms with Crippen molar-refractivity contribution >= 4 is 33.2 Å². The van der Waals surface area contributed by atoms with Crippen molar-refractivity contribution in [1.29, 1.82) is 0 Å². The van der Waals surface area contributed by atoms with Crippen molar-refractivity contribution in [2.24, 2.45) is 0 Å². The highest BCUT2D eigenvalue weighted by Gasteiger charge is 2.27.